The van der Waals surface area contributed by atoms with Gasteiger partial charge in [-0.15, -0.1) is 0 Å². The predicted molar refractivity (Wildman–Crippen MR) is 165 cm³/mol. The van der Waals surface area contributed by atoms with E-state index in [2.05, 4.69) is 10.6 Å². The zero-order chi connectivity index (χ0) is 30.1. The Morgan fingerprint density at radius 3 is 1.28 bits per heavy atom. The Balaban J connectivity index is 1.61. The van der Waals surface area contributed by atoms with E-state index in [1.165, 1.54) is 24.3 Å². The van der Waals surface area contributed by atoms with Crippen LogP contribution in [0.25, 0.3) is 0 Å². The van der Waals surface area contributed by atoms with Crippen molar-refractivity contribution in [2.45, 2.75) is 26.7 Å². The first-order valence-corrected chi connectivity index (χ1v) is 17.3. The number of anilines is 4. The Morgan fingerprint density at radius 1 is 0.535 bits per heavy atom. The molecular formula is C36H30F4N2Ti. The molecule has 0 bridgehead atoms. The monoisotopic (exact) mass is 614 g/mol. The number of nitrogens with one attached hydrogen (secondary N) is 2. The second-order valence-electron chi connectivity index (χ2n) is 10.9. The van der Waals surface area contributed by atoms with Crippen molar-refractivity contribution >= 4 is 30.5 Å². The van der Waals surface area contributed by atoms with Crippen molar-refractivity contribution in [3.63, 3.8) is 0 Å². The van der Waals surface area contributed by atoms with E-state index in [-0.39, 0.29) is 19.1 Å². The molecule has 0 aromatic heterocycles. The van der Waals surface area contributed by atoms with Crippen LogP contribution in [0, 0.1) is 37.1 Å². The molecule has 2 nitrogen and oxygen atoms in total. The van der Waals surface area contributed by atoms with Crippen LogP contribution in [-0.2, 0) is 16.6 Å². The summed E-state index contributed by atoms with van der Waals surface area (Å²) in [6.07, 6.45) is 11.6. The van der Waals surface area contributed by atoms with Crippen LogP contribution in [-0.4, -0.2) is 0 Å². The first kappa shape index (κ1) is 29.0. The number of halogens is 4. The van der Waals surface area contributed by atoms with Crippen molar-refractivity contribution in [2.24, 2.45) is 0 Å². The van der Waals surface area contributed by atoms with Gasteiger partial charge >= 0.3 is 253 Å². The van der Waals surface area contributed by atoms with Crippen molar-refractivity contribution in [1.82, 2.24) is 0 Å². The van der Waals surface area contributed by atoms with Gasteiger partial charge in [0.2, 0.25) is 0 Å². The van der Waals surface area contributed by atoms with Crippen molar-refractivity contribution in [2.75, 3.05) is 10.6 Å². The van der Waals surface area contributed by atoms with Gasteiger partial charge in [0, 0.05) is 0 Å². The van der Waals surface area contributed by atoms with Gasteiger partial charge in [-0.25, -0.2) is 0 Å². The van der Waals surface area contributed by atoms with Crippen molar-refractivity contribution in [3.05, 3.63) is 151 Å². The van der Waals surface area contributed by atoms with Crippen LogP contribution in [0.15, 0.2) is 117 Å². The topological polar surface area (TPSA) is 24.1 Å². The molecule has 0 atom stereocenters. The molecule has 2 aliphatic carbocycles. The van der Waals surface area contributed by atoms with E-state index < -0.39 is 39.9 Å². The summed E-state index contributed by atoms with van der Waals surface area (Å²) in [5.41, 5.74) is 3.39. The summed E-state index contributed by atoms with van der Waals surface area (Å²) in [5.74, 6) is -3.31. The van der Waals surface area contributed by atoms with Gasteiger partial charge in [-0.2, -0.15) is 0 Å². The fourth-order valence-corrected chi connectivity index (χ4v) is 14.3. The molecule has 2 aliphatic rings. The summed E-state index contributed by atoms with van der Waals surface area (Å²) in [6.45, 7) is 3.89. The number of hydrogen-bond donors (Lipinski definition) is 2. The SMILES string of the molecule is Cc1ccc(Nc2ccc(F)[c]([Ti]([C]3=CC=CC3)([C]3=CC=CC3)[c]3c(F)ccc(Nc4ccc(C)cc4)c3F)c2F)cc1. The molecule has 0 aliphatic heterocycles. The van der Waals surface area contributed by atoms with E-state index in [1.807, 2.05) is 50.3 Å². The third-order valence-electron chi connectivity index (χ3n) is 8.10. The molecule has 4 aromatic rings. The Labute approximate surface area is 252 Å². The predicted octanol–water partition coefficient (Wildman–Crippen LogP) is 9.14. The van der Waals surface area contributed by atoms with E-state index in [1.54, 1.807) is 48.6 Å². The number of rotatable bonds is 8. The fourth-order valence-electron chi connectivity index (χ4n) is 5.99. The summed E-state index contributed by atoms with van der Waals surface area (Å²) in [6, 6.07) is 19.8. The molecule has 0 saturated heterocycles. The van der Waals surface area contributed by atoms with E-state index in [0.717, 1.165) is 11.1 Å². The number of hydrogen-bond acceptors (Lipinski definition) is 2. The van der Waals surface area contributed by atoms with E-state index in [4.69, 9.17) is 0 Å². The molecule has 7 heteroatoms. The summed E-state index contributed by atoms with van der Waals surface area (Å²) >= 11 is -4.94. The molecule has 0 saturated carbocycles. The van der Waals surface area contributed by atoms with E-state index in [0.29, 0.717) is 32.0 Å². The first-order valence-electron chi connectivity index (χ1n) is 14.2. The fraction of sp³-hybridized carbons (Fsp3) is 0.111. The second kappa shape index (κ2) is 11.9. The van der Waals surface area contributed by atoms with Crippen molar-refractivity contribution in [1.29, 1.82) is 0 Å². The second-order valence-corrected chi connectivity index (χ2v) is 16.9. The van der Waals surface area contributed by atoms with E-state index in [9.17, 15) is 0 Å². The van der Waals surface area contributed by atoms with Gasteiger partial charge in [-0.3, -0.25) is 0 Å². The van der Waals surface area contributed by atoms with Crippen LogP contribution < -0.4 is 18.4 Å². The average Bonchev–Trinajstić information content (AvgIpc) is 3.73. The van der Waals surface area contributed by atoms with Crippen molar-refractivity contribution < 1.29 is 34.2 Å². The average molecular weight is 615 g/mol. The van der Waals surface area contributed by atoms with Crippen LogP contribution in [0.4, 0.5) is 40.3 Å². The minimum atomic E-state index is -4.94. The van der Waals surface area contributed by atoms with Crippen LogP contribution >= 0.6 is 0 Å². The zero-order valence-electron chi connectivity index (χ0n) is 23.8. The molecule has 0 heterocycles. The Morgan fingerprint density at radius 2 is 0.930 bits per heavy atom. The zero-order valence-corrected chi connectivity index (χ0v) is 25.4. The standard InChI is InChI=1S/2C13H10F2N.2C5H5.Ti/c2*1-9-2-5-11(6-3-9)16-13-7-4-10(14)8-12(13)15;2*1-2-4-5-3-1;/h2*2-7,16H,1H3;2*1-3H,4H2;. The first-order chi connectivity index (χ1) is 20.8. The van der Waals surface area contributed by atoms with Gasteiger partial charge in [0.15, 0.2) is 0 Å². The number of benzene rings is 4. The Kier molecular flexibility index (Phi) is 8.00. The normalized spacial score (nSPS) is 14.2. The quantitative estimate of drug-likeness (QED) is 0.153. The minimum absolute atomic E-state index is 0.0446. The summed E-state index contributed by atoms with van der Waals surface area (Å²) < 4.78 is 67.2. The summed E-state index contributed by atoms with van der Waals surface area (Å²) in [4.78, 5) is 0. The van der Waals surface area contributed by atoms with Crippen LogP contribution in [0.5, 0.6) is 0 Å². The van der Waals surface area contributed by atoms with Crippen molar-refractivity contribution in [3.8, 4) is 0 Å². The van der Waals surface area contributed by atoms with Gasteiger partial charge in [-0.05, 0) is 0 Å². The van der Waals surface area contributed by atoms with Gasteiger partial charge in [0.25, 0.3) is 0 Å². The van der Waals surface area contributed by atoms with Crippen LogP contribution in [0.2, 0.25) is 0 Å². The molecule has 43 heavy (non-hydrogen) atoms. The summed E-state index contributed by atoms with van der Waals surface area (Å²) in [5, 5.41) is 6.14. The molecule has 4 aromatic carbocycles. The maximum absolute atomic E-state index is 16.9. The van der Waals surface area contributed by atoms with Crippen LogP contribution in [0.3, 0.4) is 0 Å². The number of allylic oxidation sites excluding steroid dienone is 8. The van der Waals surface area contributed by atoms with E-state index >= 15 is 17.6 Å². The molecule has 0 unspecified atom stereocenters. The third-order valence-corrected chi connectivity index (χ3v) is 16.0. The Hall–Kier alpha value is -4.13. The van der Waals surface area contributed by atoms with Gasteiger partial charge in [-0.1, -0.05) is 0 Å². The molecule has 216 valence electrons. The molecule has 6 rings (SSSR count). The molecule has 0 spiro atoms. The molecular weight excluding hydrogens is 584 g/mol. The van der Waals surface area contributed by atoms with Gasteiger partial charge in [0.05, 0.1) is 0 Å². The van der Waals surface area contributed by atoms with Gasteiger partial charge < -0.3 is 0 Å². The maximum atomic E-state index is 16.9. The molecule has 0 amide bonds. The molecule has 0 radical (unpaired) electrons. The van der Waals surface area contributed by atoms with Gasteiger partial charge in [0.1, 0.15) is 0 Å². The summed E-state index contributed by atoms with van der Waals surface area (Å²) in [7, 11) is 0. The third kappa shape index (κ3) is 5.30. The Bertz CT molecular complexity index is 1680. The molecule has 0 fully saturated rings. The van der Waals surface area contributed by atoms with Crippen LogP contribution in [0.1, 0.15) is 24.0 Å². The molecule has 2 N–H and O–H groups in total. The number of aryl methyl sites for hydroxylation is 2.